The molecule has 94 valence electrons. The number of hydrogen-bond acceptors (Lipinski definition) is 4. The fourth-order valence-corrected chi connectivity index (χ4v) is 2.08. The highest BCUT2D eigenvalue weighted by atomic mass is 16.5. The average molecular weight is 227 g/mol. The second kappa shape index (κ2) is 5.53. The largest absolute Gasteiger partial charge is 0.383 e. The molecule has 1 atom stereocenters. The molecule has 16 heavy (non-hydrogen) atoms. The monoisotopic (exact) mass is 227 g/mol. The zero-order valence-corrected chi connectivity index (χ0v) is 11.0. The number of rotatable bonds is 6. The van der Waals surface area contributed by atoms with Gasteiger partial charge in [0.2, 0.25) is 0 Å². The molecule has 0 bridgehead atoms. The SMILES string of the molecule is COCCN1C(N)=NCC1(C)CCC(C)C. The number of guanidine groups is 1. The highest BCUT2D eigenvalue weighted by Gasteiger charge is 2.37. The van der Waals surface area contributed by atoms with Crippen molar-refractivity contribution in [2.24, 2.45) is 16.6 Å². The molecule has 0 amide bonds. The molecule has 1 aliphatic rings. The lowest BCUT2D eigenvalue weighted by molar-refractivity contribution is 0.129. The van der Waals surface area contributed by atoms with Crippen molar-refractivity contribution in [1.29, 1.82) is 0 Å². The van der Waals surface area contributed by atoms with Gasteiger partial charge in [-0.2, -0.15) is 0 Å². The van der Waals surface area contributed by atoms with E-state index in [-0.39, 0.29) is 5.54 Å². The summed E-state index contributed by atoms with van der Waals surface area (Å²) in [6.45, 7) is 9.10. The Bertz CT molecular complexity index is 253. The van der Waals surface area contributed by atoms with E-state index in [1.807, 2.05) is 0 Å². The highest BCUT2D eigenvalue weighted by molar-refractivity contribution is 5.80. The fourth-order valence-electron chi connectivity index (χ4n) is 2.08. The first kappa shape index (κ1) is 13.3. The summed E-state index contributed by atoms with van der Waals surface area (Å²) in [5, 5.41) is 0. The Morgan fingerprint density at radius 2 is 2.25 bits per heavy atom. The summed E-state index contributed by atoms with van der Waals surface area (Å²) in [5.41, 5.74) is 6.01. The minimum absolute atomic E-state index is 0.0902. The van der Waals surface area contributed by atoms with E-state index in [4.69, 9.17) is 10.5 Å². The van der Waals surface area contributed by atoms with Gasteiger partial charge in [-0.3, -0.25) is 4.99 Å². The van der Waals surface area contributed by atoms with Crippen LogP contribution in [0.1, 0.15) is 33.6 Å². The highest BCUT2D eigenvalue weighted by Crippen LogP contribution is 2.27. The van der Waals surface area contributed by atoms with E-state index in [0.717, 1.165) is 25.4 Å². The van der Waals surface area contributed by atoms with Crippen LogP contribution in [0.3, 0.4) is 0 Å². The zero-order chi connectivity index (χ0) is 12.2. The molecule has 0 aliphatic carbocycles. The van der Waals surface area contributed by atoms with Gasteiger partial charge < -0.3 is 15.4 Å². The zero-order valence-electron chi connectivity index (χ0n) is 11.0. The molecular formula is C12H25N3O. The van der Waals surface area contributed by atoms with Gasteiger partial charge in [-0.15, -0.1) is 0 Å². The van der Waals surface area contributed by atoms with Crippen LogP contribution < -0.4 is 5.73 Å². The Labute approximate surface area is 98.9 Å². The van der Waals surface area contributed by atoms with Crippen LogP contribution in [-0.4, -0.2) is 43.2 Å². The van der Waals surface area contributed by atoms with E-state index >= 15 is 0 Å². The van der Waals surface area contributed by atoms with E-state index in [1.165, 1.54) is 6.42 Å². The number of nitrogens with zero attached hydrogens (tertiary/aromatic N) is 2. The summed E-state index contributed by atoms with van der Waals surface area (Å²) < 4.78 is 5.12. The van der Waals surface area contributed by atoms with Gasteiger partial charge in [0, 0.05) is 13.7 Å². The molecule has 2 N–H and O–H groups in total. The molecule has 0 aromatic rings. The standard InChI is InChI=1S/C12H25N3O/c1-10(2)5-6-12(3)9-14-11(13)15(12)7-8-16-4/h10H,5-9H2,1-4H3,(H2,13,14). The van der Waals surface area contributed by atoms with Crippen LogP contribution >= 0.6 is 0 Å². The van der Waals surface area contributed by atoms with Crippen molar-refractivity contribution in [3.05, 3.63) is 0 Å². The van der Waals surface area contributed by atoms with E-state index in [0.29, 0.717) is 12.6 Å². The number of aliphatic imine (C=N–C) groups is 1. The molecule has 0 aromatic heterocycles. The van der Waals surface area contributed by atoms with Gasteiger partial charge in [0.25, 0.3) is 0 Å². The molecule has 0 aromatic carbocycles. The number of nitrogens with two attached hydrogens (primary N) is 1. The van der Waals surface area contributed by atoms with Crippen LogP contribution in [0.5, 0.6) is 0 Å². The third-order valence-electron chi connectivity index (χ3n) is 3.29. The quantitative estimate of drug-likeness (QED) is 0.747. The average Bonchev–Trinajstić information content (AvgIpc) is 2.51. The van der Waals surface area contributed by atoms with E-state index < -0.39 is 0 Å². The first-order valence-corrected chi connectivity index (χ1v) is 6.06. The minimum Gasteiger partial charge on any atom is -0.383 e. The van der Waals surface area contributed by atoms with Gasteiger partial charge >= 0.3 is 0 Å². The van der Waals surface area contributed by atoms with Crippen molar-refractivity contribution in [3.8, 4) is 0 Å². The van der Waals surface area contributed by atoms with Crippen LogP contribution in [0.25, 0.3) is 0 Å². The molecule has 4 nitrogen and oxygen atoms in total. The van der Waals surface area contributed by atoms with Crippen molar-refractivity contribution in [1.82, 2.24) is 4.90 Å². The van der Waals surface area contributed by atoms with Gasteiger partial charge in [-0.05, 0) is 25.7 Å². The fraction of sp³-hybridized carbons (Fsp3) is 0.917. The molecule has 0 saturated carbocycles. The Morgan fingerprint density at radius 3 is 2.81 bits per heavy atom. The molecule has 0 saturated heterocycles. The maximum Gasteiger partial charge on any atom is 0.191 e. The molecule has 0 spiro atoms. The summed E-state index contributed by atoms with van der Waals surface area (Å²) in [6, 6.07) is 0. The second-order valence-electron chi connectivity index (χ2n) is 5.25. The van der Waals surface area contributed by atoms with Crippen LogP contribution in [0.4, 0.5) is 0 Å². The Kier molecular flexibility index (Phi) is 4.59. The van der Waals surface area contributed by atoms with Crippen LogP contribution in [-0.2, 0) is 4.74 Å². The van der Waals surface area contributed by atoms with E-state index in [2.05, 4.69) is 30.7 Å². The normalized spacial score (nSPS) is 25.3. The summed E-state index contributed by atoms with van der Waals surface area (Å²) in [4.78, 5) is 6.56. The minimum atomic E-state index is 0.0902. The van der Waals surface area contributed by atoms with Gasteiger partial charge in [-0.1, -0.05) is 13.8 Å². The van der Waals surface area contributed by atoms with Crippen molar-refractivity contribution < 1.29 is 4.74 Å². The van der Waals surface area contributed by atoms with E-state index in [9.17, 15) is 0 Å². The van der Waals surface area contributed by atoms with Crippen molar-refractivity contribution in [2.75, 3.05) is 26.8 Å². The third kappa shape index (κ3) is 3.11. The van der Waals surface area contributed by atoms with Gasteiger partial charge in [0.05, 0.1) is 18.7 Å². The lowest BCUT2D eigenvalue weighted by Crippen LogP contribution is -2.50. The number of hydrogen-bond donors (Lipinski definition) is 1. The predicted molar refractivity (Wildman–Crippen MR) is 67.5 cm³/mol. The number of methoxy groups -OCH3 is 1. The van der Waals surface area contributed by atoms with Crippen molar-refractivity contribution in [3.63, 3.8) is 0 Å². The lowest BCUT2D eigenvalue weighted by Gasteiger charge is -2.36. The first-order valence-electron chi connectivity index (χ1n) is 6.06. The van der Waals surface area contributed by atoms with Crippen molar-refractivity contribution >= 4 is 5.96 Å². The Morgan fingerprint density at radius 1 is 1.56 bits per heavy atom. The molecule has 1 rings (SSSR count). The lowest BCUT2D eigenvalue weighted by atomic mass is 9.91. The summed E-state index contributed by atoms with van der Waals surface area (Å²) in [7, 11) is 1.72. The molecule has 1 aliphatic heterocycles. The molecular weight excluding hydrogens is 202 g/mol. The number of ether oxygens (including phenoxy) is 1. The topological polar surface area (TPSA) is 50.9 Å². The molecule has 1 unspecified atom stereocenters. The van der Waals surface area contributed by atoms with Gasteiger partial charge in [0.1, 0.15) is 0 Å². The molecule has 4 heteroatoms. The summed E-state index contributed by atoms with van der Waals surface area (Å²) in [5.74, 6) is 1.39. The molecule has 0 radical (unpaired) electrons. The Hall–Kier alpha value is -0.770. The maximum absolute atomic E-state index is 5.92. The van der Waals surface area contributed by atoms with Gasteiger partial charge in [0.15, 0.2) is 5.96 Å². The first-order chi connectivity index (χ1) is 7.49. The third-order valence-corrected chi connectivity index (χ3v) is 3.29. The van der Waals surface area contributed by atoms with E-state index in [1.54, 1.807) is 7.11 Å². The molecule has 1 heterocycles. The summed E-state index contributed by atoms with van der Waals surface area (Å²) >= 11 is 0. The van der Waals surface area contributed by atoms with Crippen molar-refractivity contribution in [2.45, 2.75) is 39.2 Å². The summed E-state index contributed by atoms with van der Waals surface area (Å²) in [6.07, 6.45) is 2.35. The molecule has 0 fully saturated rings. The smallest absolute Gasteiger partial charge is 0.191 e. The predicted octanol–water partition coefficient (Wildman–Crippen LogP) is 1.46. The Balaban J connectivity index is 2.56. The van der Waals surface area contributed by atoms with Gasteiger partial charge in [-0.25, -0.2) is 0 Å². The van der Waals surface area contributed by atoms with Crippen LogP contribution in [0.15, 0.2) is 4.99 Å². The van der Waals surface area contributed by atoms with Crippen LogP contribution in [0.2, 0.25) is 0 Å². The van der Waals surface area contributed by atoms with Crippen LogP contribution in [0, 0.1) is 5.92 Å². The second-order valence-corrected chi connectivity index (χ2v) is 5.25. The maximum atomic E-state index is 5.92.